The van der Waals surface area contributed by atoms with Gasteiger partial charge in [-0.25, -0.2) is 13.2 Å². The number of anilines is 1. The Labute approximate surface area is 193 Å². The van der Waals surface area contributed by atoms with E-state index >= 15 is 0 Å². The van der Waals surface area contributed by atoms with Crippen molar-refractivity contribution in [3.05, 3.63) is 95.6 Å². The summed E-state index contributed by atoms with van der Waals surface area (Å²) in [6.07, 6.45) is 0.633. The Morgan fingerprint density at radius 3 is 2.52 bits per heavy atom. The Kier molecular flexibility index (Phi) is 6.46. The van der Waals surface area contributed by atoms with Gasteiger partial charge in [0, 0.05) is 6.54 Å². The lowest BCUT2D eigenvalue weighted by Gasteiger charge is -2.20. The van der Waals surface area contributed by atoms with Crippen molar-refractivity contribution in [1.82, 2.24) is 5.32 Å². The van der Waals surface area contributed by atoms with E-state index in [0.29, 0.717) is 18.7 Å². The number of fused-ring (bicyclic) bond motifs is 1. The number of carbonyl (C=O) groups excluding carboxylic acids is 2. The van der Waals surface area contributed by atoms with Crippen molar-refractivity contribution in [2.24, 2.45) is 0 Å². The van der Waals surface area contributed by atoms with Crippen molar-refractivity contribution in [1.29, 1.82) is 0 Å². The standard InChI is InChI=1S/C25H24N2O5S/c1-18(19-8-3-2-4-9-19)26-24(28)17-32-25(29)21-11-7-12-22(16-21)33(30,31)27-15-14-20-10-5-6-13-23(20)27/h2-13,16,18H,14-15,17H2,1H3,(H,26,28)/t18-/m1/s1. The van der Waals surface area contributed by atoms with E-state index in [4.69, 9.17) is 4.74 Å². The number of rotatable bonds is 7. The molecule has 1 aliphatic heterocycles. The third-order valence-corrected chi connectivity index (χ3v) is 7.32. The number of hydrogen-bond donors (Lipinski definition) is 1. The minimum Gasteiger partial charge on any atom is -0.452 e. The van der Waals surface area contributed by atoms with E-state index in [-0.39, 0.29) is 16.5 Å². The summed E-state index contributed by atoms with van der Waals surface area (Å²) >= 11 is 0. The van der Waals surface area contributed by atoms with Crippen LogP contribution in [0.25, 0.3) is 0 Å². The van der Waals surface area contributed by atoms with Crippen LogP contribution in [0.4, 0.5) is 5.69 Å². The number of benzene rings is 3. The van der Waals surface area contributed by atoms with Crippen molar-refractivity contribution < 1.29 is 22.7 Å². The number of amides is 1. The Morgan fingerprint density at radius 2 is 1.73 bits per heavy atom. The summed E-state index contributed by atoms with van der Waals surface area (Å²) in [6, 6.07) is 22.2. The molecule has 0 fully saturated rings. The van der Waals surface area contributed by atoms with Gasteiger partial charge in [0.05, 0.1) is 22.2 Å². The normalized spacial score (nSPS) is 13.8. The van der Waals surface area contributed by atoms with Crippen LogP contribution in [0.1, 0.15) is 34.5 Å². The fourth-order valence-corrected chi connectivity index (χ4v) is 5.34. The number of para-hydroxylation sites is 1. The fourth-order valence-electron chi connectivity index (χ4n) is 3.79. The molecule has 1 amide bonds. The van der Waals surface area contributed by atoms with Crippen LogP contribution >= 0.6 is 0 Å². The highest BCUT2D eigenvalue weighted by atomic mass is 32.2. The first kappa shape index (κ1) is 22.5. The number of sulfonamides is 1. The Bertz CT molecular complexity index is 1270. The molecule has 0 bridgehead atoms. The maximum Gasteiger partial charge on any atom is 0.338 e. The number of esters is 1. The summed E-state index contributed by atoms with van der Waals surface area (Å²) in [7, 11) is -3.84. The van der Waals surface area contributed by atoms with Crippen LogP contribution in [0.3, 0.4) is 0 Å². The number of nitrogens with zero attached hydrogens (tertiary/aromatic N) is 1. The monoisotopic (exact) mass is 464 g/mol. The van der Waals surface area contributed by atoms with Crippen LogP contribution in [-0.4, -0.2) is 33.4 Å². The summed E-state index contributed by atoms with van der Waals surface area (Å²) in [5.41, 5.74) is 2.60. The summed E-state index contributed by atoms with van der Waals surface area (Å²) in [4.78, 5) is 24.7. The molecule has 3 aromatic carbocycles. The van der Waals surface area contributed by atoms with E-state index in [1.807, 2.05) is 49.4 Å². The van der Waals surface area contributed by atoms with Crippen molar-refractivity contribution >= 4 is 27.6 Å². The fraction of sp³-hybridized carbons (Fsp3) is 0.200. The molecule has 8 heteroatoms. The van der Waals surface area contributed by atoms with Crippen LogP contribution in [0.15, 0.2) is 83.8 Å². The SMILES string of the molecule is C[C@@H](NC(=O)COC(=O)c1cccc(S(=O)(=O)N2CCc3ccccc32)c1)c1ccccc1. The summed E-state index contributed by atoms with van der Waals surface area (Å²) in [5, 5.41) is 2.77. The maximum absolute atomic E-state index is 13.2. The molecule has 1 N–H and O–H groups in total. The van der Waals surface area contributed by atoms with Gasteiger partial charge in [0.15, 0.2) is 6.61 Å². The molecule has 0 saturated carbocycles. The van der Waals surface area contributed by atoms with Gasteiger partial charge in [-0.3, -0.25) is 9.10 Å². The molecule has 1 heterocycles. The van der Waals surface area contributed by atoms with Gasteiger partial charge in [-0.1, -0.05) is 54.6 Å². The molecule has 170 valence electrons. The first-order valence-corrected chi connectivity index (χ1v) is 12.0. The van der Waals surface area contributed by atoms with Crippen molar-refractivity contribution in [3.8, 4) is 0 Å². The zero-order valence-corrected chi connectivity index (χ0v) is 18.9. The molecular formula is C25H24N2O5S. The molecule has 7 nitrogen and oxygen atoms in total. The predicted octanol–water partition coefficient (Wildman–Crippen LogP) is 3.47. The van der Waals surface area contributed by atoms with E-state index in [9.17, 15) is 18.0 Å². The lowest BCUT2D eigenvalue weighted by molar-refractivity contribution is -0.124. The Balaban J connectivity index is 1.41. The van der Waals surface area contributed by atoms with Crippen molar-refractivity contribution in [2.45, 2.75) is 24.3 Å². The molecular weight excluding hydrogens is 440 g/mol. The lowest BCUT2D eigenvalue weighted by Crippen LogP contribution is -2.31. The highest BCUT2D eigenvalue weighted by molar-refractivity contribution is 7.92. The minimum absolute atomic E-state index is 0.00388. The third kappa shape index (κ3) is 4.90. The molecule has 1 aliphatic rings. The van der Waals surface area contributed by atoms with E-state index < -0.39 is 28.5 Å². The van der Waals surface area contributed by atoms with Gasteiger partial charge in [-0.05, 0) is 48.7 Å². The van der Waals surface area contributed by atoms with E-state index in [2.05, 4.69) is 5.32 Å². The van der Waals surface area contributed by atoms with Gasteiger partial charge in [0.1, 0.15) is 0 Å². The molecule has 33 heavy (non-hydrogen) atoms. The van der Waals surface area contributed by atoms with Gasteiger partial charge in [0.2, 0.25) is 0 Å². The number of hydrogen-bond acceptors (Lipinski definition) is 5. The molecule has 0 unspecified atom stereocenters. The van der Waals surface area contributed by atoms with Crippen molar-refractivity contribution in [3.63, 3.8) is 0 Å². The Morgan fingerprint density at radius 1 is 1.00 bits per heavy atom. The minimum atomic E-state index is -3.84. The highest BCUT2D eigenvalue weighted by Gasteiger charge is 2.31. The Hall–Kier alpha value is -3.65. The number of ether oxygens (including phenoxy) is 1. The van der Waals surface area contributed by atoms with Crippen molar-refractivity contribution in [2.75, 3.05) is 17.5 Å². The summed E-state index contributed by atoms with van der Waals surface area (Å²) < 4.78 is 32.9. The summed E-state index contributed by atoms with van der Waals surface area (Å²) in [6.45, 7) is 1.71. The predicted molar refractivity (Wildman–Crippen MR) is 124 cm³/mol. The average molecular weight is 465 g/mol. The second-order valence-corrected chi connectivity index (χ2v) is 9.62. The second-order valence-electron chi connectivity index (χ2n) is 7.76. The first-order valence-electron chi connectivity index (χ1n) is 10.6. The largest absolute Gasteiger partial charge is 0.452 e. The highest BCUT2D eigenvalue weighted by Crippen LogP contribution is 2.32. The van der Waals surface area contributed by atoms with Crippen LogP contribution in [-0.2, 0) is 26.0 Å². The summed E-state index contributed by atoms with van der Waals surface area (Å²) in [5.74, 6) is -1.21. The maximum atomic E-state index is 13.2. The van der Waals surface area contributed by atoms with E-state index in [1.54, 1.807) is 12.1 Å². The molecule has 1 atom stereocenters. The van der Waals surface area contributed by atoms with E-state index in [1.165, 1.54) is 28.6 Å². The molecule has 0 aromatic heterocycles. The molecule has 0 saturated heterocycles. The van der Waals surface area contributed by atoms with Gasteiger partial charge >= 0.3 is 5.97 Å². The molecule has 3 aromatic rings. The van der Waals surface area contributed by atoms with Crippen LogP contribution in [0.2, 0.25) is 0 Å². The zero-order chi connectivity index (χ0) is 23.4. The van der Waals surface area contributed by atoms with Gasteiger partial charge in [-0.2, -0.15) is 0 Å². The number of nitrogens with one attached hydrogen (secondary N) is 1. The third-order valence-electron chi connectivity index (χ3n) is 5.51. The molecule has 0 radical (unpaired) electrons. The van der Waals surface area contributed by atoms with Crippen LogP contribution in [0.5, 0.6) is 0 Å². The van der Waals surface area contributed by atoms with Crippen LogP contribution in [0, 0.1) is 0 Å². The average Bonchev–Trinajstić information content (AvgIpc) is 3.28. The quantitative estimate of drug-likeness (QED) is 0.541. The molecule has 4 rings (SSSR count). The number of carbonyl (C=O) groups is 2. The second kappa shape index (κ2) is 9.46. The van der Waals surface area contributed by atoms with Gasteiger partial charge in [-0.15, -0.1) is 0 Å². The molecule has 0 aliphatic carbocycles. The smallest absolute Gasteiger partial charge is 0.338 e. The molecule has 0 spiro atoms. The topological polar surface area (TPSA) is 92.8 Å². The van der Waals surface area contributed by atoms with E-state index in [0.717, 1.165) is 11.1 Å². The lowest BCUT2D eigenvalue weighted by atomic mass is 10.1. The van der Waals surface area contributed by atoms with Gasteiger partial charge < -0.3 is 10.1 Å². The van der Waals surface area contributed by atoms with Crippen LogP contribution < -0.4 is 9.62 Å². The van der Waals surface area contributed by atoms with Gasteiger partial charge in [0.25, 0.3) is 15.9 Å². The zero-order valence-electron chi connectivity index (χ0n) is 18.1. The first-order chi connectivity index (χ1) is 15.9.